The number of hydrogen-bond donors (Lipinski definition) is 1. The van der Waals surface area contributed by atoms with Gasteiger partial charge in [-0.15, -0.1) is 0 Å². The smallest absolute Gasteiger partial charge is 0.0554 e. The summed E-state index contributed by atoms with van der Waals surface area (Å²) in [7, 11) is 0. The molecule has 0 aromatic heterocycles. The minimum Gasteiger partial charge on any atom is -0.380 e. The normalized spacial score (nSPS) is 26.1. The van der Waals surface area contributed by atoms with E-state index in [-0.39, 0.29) is 0 Å². The standard InChI is InChI=1S/C13H26N2O/c1-13(11-16-12-13)10-14-6-9-15-7-4-2-3-5-8-15/h14H,2-12H2,1H3. The third-order valence-electron chi connectivity index (χ3n) is 3.76. The Bertz CT molecular complexity index is 196. The van der Waals surface area contributed by atoms with E-state index in [1.165, 1.54) is 45.3 Å². The van der Waals surface area contributed by atoms with Crippen LogP contribution in [0.3, 0.4) is 0 Å². The number of hydrogen-bond acceptors (Lipinski definition) is 3. The highest BCUT2D eigenvalue weighted by atomic mass is 16.5. The molecule has 0 saturated carbocycles. The molecule has 2 saturated heterocycles. The van der Waals surface area contributed by atoms with Crippen LogP contribution in [0.4, 0.5) is 0 Å². The first-order valence-electron chi connectivity index (χ1n) is 6.79. The topological polar surface area (TPSA) is 24.5 Å². The van der Waals surface area contributed by atoms with Crippen molar-refractivity contribution in [3.8, 4) is 0 Å². The van der Waals surface area contributed by atoms with E-state index in [0.717, 1.165) is 26.3 Å². The molecule has 2 rings (SSSR count). The van der Waals surface area contributed by atoms with Crippen LogP contribution < -0.4 is 5.32 Å². The molecule has 0 aromatic carbocycles. The third kappa shape index (κ3) is 3.72. The van der Waals surface area contributed by atoms with E-state index in [0.29, 0.717) is 5.41 Å². The molecule has 1 N–H and O–H groups in total. The molecule has 0 bridgehead atoms. The summed E-state index contributed by atoms with van der Waals surface area (Å²) in [5.74, 6) is 0. The van der Waals surface area contributed by atoms with Gasteiger partial charge in [0.25, 0.3) is 0 Å². The van der Waals surface area contributed by atoms with Gasteiger partial charge in [-0.3, -0.25) is 0 Å². The SMILES string of the molecule is CC1(CNCCN2CCCCCC2)COC1. The Labute approximate surface area is 99.5 Å². The molecule has 94 valence electrons. The van der Waals surface area contributed by atoms with Gasteiger partial charge in [0.1, 0.15) is 0 Å². The number of likely N-dealkylation sites (tertiary alicyclic amines) is 1. The van der Waals surface area contributed by atoms with Crippen molar-refractivity contribution in [2.75, 3.05) is 45.9 Å². The second-order valence-electron chi connectivity index (χ2n) is 5.74. The van der Waals surface area contributed by atoms with E-state index in [9.17, 15) is 0 Å². The van der Waals surface area contributed by atoms with Crippen LogP contribution in [0, 0.1) is 5.41 Å². The van der Waals surface area contributed by atoms with E-state index < -0.39 is 0 Å². The maximum Gasteiger partial charge on any atom is 0.0554 e. The van der Waals surface area contributed by atoms with Crippen LogP contribution in [0.5, 0.6) is 0 Å². The van der Waals surface area contributed by atoms with Gasteiger partial charge < -0.3 is 15.0 Å². The Hall–Kier alpha value is -0.120. The fourth-order valence-corrected chi connectivity index (χ4v) is 2.54. The van der Waals surface area contributed by atoms with Gasteiger partial charge in [0, 0.05) is 25.0 Å². The summed E-state index contributed by atoms with van der Waals surface area (Å²) in [4.78, 5) is 2.61. The minimum atomic E-state index is 0.415. The van der Waals surface area contributed by atoms with Crippen LogP contribution in [0.2, 0.25) is 0 Å². The van der Waals surface area contributed by atoms with E-state index in [1.807, 2.05) is 0 Å². The highest BCUT2D eigenvalue weighted by molar-refractivity contribution is 4.82. The molecule has 0 amide bonds. The van der Waals surface area contributed by atoms with Crippen molar-refractivity contribution >= 4 is 0 Å². The largest absolute Gasteiger partial charge is 0.380 e. The Morgan fingerprint density at radius 2 is 1.81 bits per heavy atom. The third-order valence-corrected chi connectivity index (χ3v) is 3.76. The van der Waals surface area contributed by atoms with E-state index >= 15 is 0 Å². The summed E-state index contributed by atoms with van der Waals surface area (Å²) in [5, 5.41) is 3.57. The molecule has 0 aliphatic carbocycles. The van der Waals surface area contributed by atoms with Gasteiger partial charge in [-0.25, -0.2) is 0 Å². The zero-order chi connectivity index (χ0) is 11.3. The molecule has 3 heteroatoms. The second kappa shape index (κ2) is 5.99. The fourth-order valence-electron chi connectivity index (χ4n) is 2.54. The van der Waals surface area contributed by atoms with Crippen LogP contribution in [0.25, 0.3) is 0 Å². The molecule has 0 spiro atoms. The quantitative estimate of drug-likeness (QED) is 0.719. The second-order valence-corrected chi connectivity index (χ2v) is 5.74. The lowest BCUT2D eigenvalue weighted by Crippen LogP contribution is -2.48. The van der Waals surface area contributed by atoms with Gasteiger partial charge in [-0.1, -0.05) is 19.8 Å². The Balaban J connectivity index is 1.53. The first-order valence-corrected chi connectivity index (χ1v) is 6.79. The average molecular weight is 226 g/mol. The van der Waals surface area contributed by atoms with Crippen molar-refractivity contribution in [2.45, 2.75) is 32.6 Å². The van der Waals surface area contributed by atoms with Crippen LogP contribution in [0.1, 0.15) is 32.6 Å². The molecular weight excluding hydrogens is 200 g/mol. The first kappa shape index (κ1) is 12.3. The molecule has 2 heterocycles. The van der Waals surface area contributed by atoms with Gasteiger partial charge in [-0.2, -0.15) is 0 Å². The Morgan fingerprint density at radius 3 is 2.38 bits per heavy atom. The summed E-state index contributed by atoms with van der Waals surface area (Å²) in [6.07, 6.45) is 5.65. The van der Waals surface area contributed by atoms with E-state index in [1.54, 1.807) is 0 Å². The zero-order valence-electron chi connectivity index (χ0n) is 10.6. The van der Waals surface area contributed by atoms with Crippen LogP contribution >= 0.6 is 0 Å². The number of nitrogens with one attached hydrogen (secondary N) is 1. The number of rotatable bonds is 5. The van der Waals surface area contributed by atoms with Gasteiger partial charge in [-0.05, 0) is 25.9 Å². The van der Waals surface area contributed by atoms with Crippen molar-refractivity contribution < 1.29 is 4.74 Å². The Kier molecular flexibility index (Phi) is 4.62. The van der Waals surface area contributed by atoms with Crippen LogP contribution in [-0.2, 0) is 4.74 Å². The summed E-state index contributed by atoms with van der Waals surface area (Å²) in [6.45, 7) is 10.3. The Morgan fingerprint density at radius 1 is 1.12 bits per heavy atom. The molecule has 2 fully saturated rings. The lowest BCUT2D eigenvalue weighted by atomic mass is 9.89. The van der Waals surface area contributed by atoms with Crippen LogP contribution in [0.15, 0.2) is 0 Å². The average Bonchev–Trinajstić information content (AvgIpc) is 2.50. The monoisotopic (exact) mass is 226 g/mol. The fraction of sp³-hybridized carbons (Fsp3) is 1.00. The van der Waals surface area contributed by atoms with Gasteiger partial charge in [0.05, 0.1) is 13.2 Å². The zero-order valence-corrected chi connectivity index (χ0v) is 10.6. The number of nitrogens with zero attached hydrogens (tertiary/aromatic N) is 1. The maximum atomic E-state index is 5.25. The molecular formula is C13H26N2O. The van der Waals surface area contributed by atoms with Crippen molar-refractivity contribution in [1.29, 1.82) is 0 Å². The summed E-state index contributed by atoms with van der Waals surface area (Å²) in [6, 6.07) is 0. The molecule has 0 radical (unpaired) electrons. The lowest BCUT2D eigenvalue weighted by molar-refractivity contribution is -0.0990. The van der Waals surface area contributed by atoms with Crippen molar-refractivity contribution in [2.24, 2.45) is 5.41 Å². The summed E-state index contributed by atoms with van der Waals surface area (Å²) >= 11 is 0. The molecule has 0 atom stereocenters. The van der Waals surface area contributed by atoms with Gasteiger partial charge in [0.15, 0.2) is 0 Å². The van der Waals surface area contributed by atoms with Crippen LogP contribution in [-0.4, -0.2) is 50.8 Å². The van der Waals surface area contributed by atoms with E-state index in [2.05, 4.69) is 17.1 Å². The highest BCUT2D eigenvalue weighted by Gasteiger charge is 2.32. The summed E-state index contributed by atoms with van der Waals surface area (Å²) in [5.41, 5.74) is 0.415. The van der Waals surface area contributed by atoms with Gasteiger partial charge >= 0.3 is 0 Å². The van der Waals surface area contributed by atoms with Crippen molar-refractivity contribution in [3.63, 3.8) is 0 Å². The lowest BCUT2D eigenvalue weighted by Gasteiger charge is -2.38. The van der Waals surface area contributed by atoms with E-state index in [4.69, 9.17) is 4.74 Å². The number of ether oxygens (including phenoxy) is 1. The van der Waals surface area contributed by atoms with Gasteiger partial charge in [0.2, 0.25) is 0 Å². The first-order chi connectivity index (χ1) is 7.79. The highest BCUT2D eigenvalue weighted by Crippen LogP contribution is 2.24. The predicted octanol–water partition coefficient (Wildman–Crippen LogP) is 1.49. The minimum absolute atomic E-state index is 0.415. The predicted molar refractivity (Wildman–Crippen MR) is 66.7 cm³/mol. The molecule has 16 heavy (non-hydrogen) atoms. The molecule has 2 aliphatic heterocycles. The molecule has 3 nitrogen and oxygen atoms in total. The summed E-state index contributed by atoms with van der Waals surface area (Å²) < 4.78 is 5.25. The maximum absolute atomic E-state index is 5.25. The molecule has 2 aliphatic rings. The molecule has 0 unspecified atom stereocenters. The van der Waals surface area contributed by atoms with Crippen molar-refractivity contribution in [3.05, 3.63) is 0 Å². The molecule has 0 aromatic rings. The van der Waals surface area contributed by atoms with Crippen molar-refractivity contribution in [1.82, 2.24) is 10.2 Å².